The summed E-state index contributed by atoms with van der Waals surface area (Å²) in [6.45, 7) is 9.71. The van der Waals surface area contributed by atoms with Gasteiger partial charge in [0.25, 0.3) is 0 Å². The lowest BCUT2D eigenvalue weighted by Crippen LogP contribution is -2.16. The molecule has 0 fully saturated rings. The molecule has 0 aliphatic heterocycles. The first-order valence-electron chi connectivity index (χ1n) is 9.10. The van der Waals surface area contributed by atoms with Gasteiger partial charge in [-0.15, -0.1) is 0 Å². The predicted molar refractivity (Wildman–Crippen MR) is 106 cm³/mol. The SMILES string of the molecule is CC.CC.CC(=O)[C@@H]1CCCc2cc(Sc3ccccc3)ccc21. The van der Waals surface area contributed by atoms with E-state index in [1.54, 1.807) is 18.7 Å². The third-order valence-corrected chi connectivity index (χ3v) is 4.90. The summed E-state index contributed by atoms with van der Waals surface area (Å²) in [5.74, 6) is 0.420. The summed E-state index contributed by atoms with van der Waals surface area (Å²) in [5, 5.41) is 0. The molecular formula is C22H30OS. The second-order valence-corrected chi connectivity index (χ2v) is 6.48. The molecule has 0 aromatic heterocycles. The molecule has 1 nitrogen and oxygen atoms in total. The average molecular weight is 343 g/mol. The number of fused-ring (bicyclic) bond motifs is 1. The molecule has 1 aliphatic carbocycles. The fraction of sp³-hybridized carbons (Fsp3) is 0.409. The first-order chi connectivity index (χ1) is 11.7. The van der Waals surface area contributed by atoms with Crippen molar-refractivity contribution in [1.82, 2.24) is 0 Å². The molecule has 2 aromatic carbocycles. The Labute approximate surface area is 151 Å². The summed E-state index contributed by atoms with van der Waals surface area (Å²) in [6.07, 6.45) is 3.23. The third-order valence-electron chi connectivity index (χ3n) is 3.90. The van der Waals surface area contributed by atoms with Gasteiger partial charge in [0.15, 0.2) is 0 Å². The molecule has 2 aromatic rings. The minimum Gasteiger partial charge on any atom is -0.299 e. The van der Waals surface area contributed by atoms with E-state index in [1.807, 2.05) is 33.8 Å². The fourth-order valence-corrected chi connectivity index (χ4v) is 3.80. The van der Waals surface area contributed by atoms with Gasteiger partial charge in [-0.3, -0.25) is 4.79 Å². The number of carbonyl (C=O) groups is 1. The Bertz CT molecular complexity index is 619. The number of aryl methyl sites for hydroxylation is 1. The summed E-state index contributed by atoms with van der Waals surface area (Å²) in [5.41, 5.74) is 2.61. The number of ketones is 1. The van der Waals surface area contributed by atoms with Crippen LogP contribution >= 0.6 is 11.8 Å². The van der Waals surface area contributed by atoms with Crippen molar-refractivity contribution < 1.29 is 4.79 Å². The van der Waals surface area contributed by atoms with E-state index in [0.717, 1.165) is 19.3 Å². The normalized spacial score (nSPS) is 15.1. The van der Waals surface area contributed by atoms with Crippen molar-refractivity contribution in [3.63, 3.8) is 0 Å². The lowest BCUT2D eigenvalue weighted by molar-refractivity contribution is -0.118. The van der Waals surface area contributed by atoms with Crippen LogP contribution in [-0.2, 0) is 11.2 Å². The van der Waals surface area contributed by atoms with E-state index in [4.69, 9.17) is 0 Å². The fourth-order valence-electron chi connectivity index (χ4n) is 2.90. The molecule has 0 saturated carbocycles. The molecule has 130 valence electrons. The first-order valence-corrected chi connectivity index (χ1v) is 9.92. The third kappa shape index (κ3) is 5.52. The zero-order chi connectivity index (χ0) is 17.9. The van der Waals surface area contributed by atoms with Crippen LogP contribution in [0.3, 0.4) is 0 Å². The Kier molecular flexibility index (Phi) is 9.48. The van der Waals surface area contributed by atoms with Gasteiger partial charge in [0.05, 0.1) is 0 Å². The Hall–Kier alpha value is -1.54. The Morgan fingerprint density at radius 1 is 0.958 bits per heavy atom. The minimum atomic E-state index is 0.120. The van der Waals surface area contributed by atoms with Crippen LogP contribution in [0.5, 0.6) is 0 Å². The highest BCUT2D eigenvalue weighted by atomic mass is 32.2. The van der Waals surface area contributed by atoms with Gasteiger partial charge in [-0.05, 0) is 61.6 Å². The molecule has 0 heterocycles. The van der Waals surface area contributed by atoms with Crippen molar-refractivity contribution in [2.75, 3.05) is 0 Å². The molecular weight excluding hydrogens is 312 g/mol. The summed E-state index contributed by atoms with van der Waals surface area (Å²) < 4.78 is 0. The molecule has 2 heteroatoms. The van der Waals surface area contributed by atoms with Crippen LogP contribution in [0.25, 0.3) is 0 Å². The van der Waals surface area contributed by atoms with Crippen LogP contribution < -0.4 is 0 Å². The van der Waals surface area contributed by atoms with Gasteiger partial charge < -0.3 is 0 Å². The summed E-state index contributed by atoms with van der Waals surface area (Å²) in [6, 6.07) is 17.0. The topological polar surface area (TPSA) is 17.1 Å². The monoisotopic (exact) mass is 342 g/mol. The Morgan fingerprint density at radius 2 is 1.62 bits per heavy atom. The number of rotatable bonds is 3. The van der Waals surface area contributed by atoms with E-state index < -0.39 is 0 Å². The second kappa shape index (κ2) is 11.1. The molecule has 1 aliphatic rings. The van der Waals surface area contributed by atoms with E-state index in [1.165, 1.54) is 20.9 Å². The van der Waals surface area contributed by atoms with Gasteiger partial charge in [-0.25, -0.2) is 0 Å². The van der Waals surface area contributed by atoms with Gasteiger partial charge in [0, 0.05) is 15.7 Å². The lowest BCUT2D eigenvalue weighted by Gasteiger charge is -2.24. The number of hydrogen-bond donors (Lipinski definition) is 0. The molecule has 0 spiro atoms. The minimum absolute atomic E-state index is 0.120. The maximum atomic E-state index is 11.7. The average Bonchev–Trinajstić information content (AvgIpc) is 2.65. The highest BCUT2D eigenvalue weighted by molar-refractivity contribution is 7.99. The largest absolute Gasteiger partial charge is 0.299 e. The Morgan fingerprint density at radius 3 is 2.25 bits per heavy atom. The predicted octanol–water partition coefficient (Wildman–Crippen LogP) is 6.90. The van der Waals surface area contributed by atoms with E-state index in [-0.39, 0.29) is 5.92 Å². The molecule has 3 rings (SSSR count). The highest BCUT2D eigenvalue weighted by Crippen LogP contribution is 2.36. The molecule has 0 amide bonds. The standard InChI is InChI=1S/C18H18OS.2C2H6/c1-13(19)17-9-5-6-14-12-16(10-11-18(14)17)20-15-7-3-2-4-8-15;2*1-2/h2-4,7-8,10-12,17H,5-6,9H2,1H3;2*1-2H3/t17-;;/m0../s1. The smallest absolute Gasteiger partial charge is 0.137 e. The maximum absolute atomic E-state index is 11.7. The second-order valence-electron chi connectivity index (χ2n) is 5.33. The van der Waals surface area contributed by atoms with Crippen LogP contribution in [0.4, 0.5) is 0 Å². The zero-order valence-corrected chi connectivity index (χ0v) is 16.5. The molecule has 0 bridgehead atoms. The van der Waals surface area contributed by atoms with Gasteiger partial charge in [0.1, 0.15) is 5.78 Å². The van der Waals surface area contributed by atoms with Crippen molar-refractivity contribution in [2.45, 2.75) is 69.6 Å². The number of benzene rings is 2. The Balaban J connectivity index is 0.000000671. The van der Waals surface area contributed by atoms with E-state index in [2.05, 4.69) is 42.5 Å². The summed E-state index contributed by atoms with van der Waals surface area (Å²) in [7, 11) is 0. The molecule has 0 N–H and O–H groups in total. The molecule has 0 saturated heterocycles. The van der Waals surface area contributed by atoms with Gasteiger partial charge in [-0.1, -0.05) is 63.7 Å². The van der Waals surface area contributed by atoms with Crippen LogP contribution in [0, 0.1) is 0 Å². The maximum Gasteiger partial charge on any atom is 0.137 e. The molecule has 24 heavy (non-hydrogen) atoms. The number of hydrogen-bond acceptors (Lipinski definition) is 2. The first kappa shape index (κ1) is 20.5. The van der Waals surface area contributed by atoms with Crippen LogP contribution in [0.2, 0.25) is 0 Å². The van der Waals surface area contributed by atoms with Crippen molar-refractivity contribution in [3.8, 4) is 0 Å². The van der Waals surface area contributed by atoms with Crippen molar-refractivity contribution in [3.05, 3.63) is 59.7 Å². The van der Waals surface area contributed by atoms with Crippen molar-refractivity contribution in [1.29, 1.82) is 0 Å². The quantitative estimate of drug-likeness (QED) is 0.603. The van der Waals surface area contributed by atoms with E-state index in [9.17, 15) is 4.79 Å². The van der Waals surface area contributed by atoms with Crippen LogP contribution in [0.15, 0.2) is 58.3 Å². The van der Waals surface area contributed by atoms with Crippen LogP contribution in [-0.4, -0.2) is 5.78 Å². The summed E-state index contributed by atoms with van der Waals surface area (Å²) in [4.78, 5) is 14.3. The summed E-state index contributed by atoms with van der Waals surface area (Å²) >= 11 is 1.79. The molecule has 0 radical (unpaired) electrons. The van der Waals surface area contributed by atoms with Gasteiger partial charge in [-0.2, -0.15) is 0 Å². The van der Waals surface area contributed by atoms with Crippen molar-refractivity contribution in [2.24, 2.45) is 0 Å². The molecule has 0 unspecified atom stereocenters. The number of carbonyl (C=O) groups excluding carboxylic acids is 1. The van der Waals surface area contributed by atoms with E-state index in [0.29, 0.717) is 5.78 Å². The van der Waals surface area contributed by atoms with Crippen LogP contribution in [0.1, 0.15) is 64.5 Å². The van der Waals surface area contributed by atoms with Gasteiger partial charge >= 0.3 is 0 Å². The lowest BCUT2D eigenvalue weighted by atomic mass is 9.81. The molecule has 1 atom stereocenters. The zero-order valence-electron chi connectivity index (χ0n) is 15.6. The highest BCUT2D eigenvalue weighted by Gasteiger charge is 2.23. The van der Waals surface area contributed by atoms with Crippen molar-refractivity contribution >= 4 is 17.5 Å². The van der Waals surface area contributed by atoms with E-state index >= 15 is 0 Å². The van der Waals surface area contributed by atoms with Gasteiger partial charge in [0.2, 0.25) is 0 Å². The number of Topliss-reactive ketones (excluding diaryl/α,β-unsaturated/α-hetero) is 1.